The van der Waals surface area contributed by atoms with Gasteiger partial charge >= 0.3 is 6.03 Å². The SMILES string of the molecule is COc1ccccc1-c1cc(CN(Cc2ccco2)C(=O)NC(C)C)no1. The van der Waals surface area contributed by atoms with Crippen molar-refractivity contribution in [2.75, 3.05) is 7.11 Å². The van der Waals surface area contributed by atoms with Gasteiger partial charge in [-0.1, -0.05) is 17.3 Å². The van der Waals surface area contributed by atoms with E-state index < -0.39 is 0 Å². The number of benzene rings is 1. The zero-order valence-corrected chi connectivity index (χ0v) is 15.6. The van der Waals surface area contributed by atoms with E-state index in [1.807, 2.05) is 50.2 Å². The number of furan rings is 1. The lowest BCUT2D eigenvalue weighted by molar-refractivity contribution is 0.183. The number of hydrogen-bond donors (Lipinski definition) is 1. The highest BCUT2D eigenvalue weighted by atomic mass is 16.5. The number of hydrogen-bond acceptors (Lipinski definition) is 5. The molecular formula is C20H23N3O4. The van der Waals surface area contributed by atoms with Gasteiger partial charge in [0, 0.05) is 12.1 Å². The Kier molecular flexibility index (Phi) is 5.80. The topological polar surface area (TPSA) is 80.7 Å². The van der Waals surface area contributed by atoms with Crippen molar-refractivity contribution in [3.05, 3.63) is 60.2 Å². The van der Waals surface area contributed by atoms with Crippen LogP contribution in [-0.4, -0.2) is 29.2 Å². The normalized spacial score (nSPS) is 10.8. The molecule has 0 saturated carbocycles. The van der Waals surface area contributed by atoms with E-state index in [0.29, 0.717) is 29.5 Å². The lowest BCUT2D eigenvalue weighted by Crippen LogP contribution is -2.42. The Morgan fingerprint density at radius 2 is 2.04 bits per heavy atom. The first-order chi connectivity index (χ1) is 13.1. The van der Waals surface area contributed by atoms with Crippen LogP contribution in [0.4, 0.5) is 4.79 Å². The number of urea groups is 1. The van der Waals surface area contributed by atoms with Crippen molar-refractivity contribution in [2.24, 2.45) is 0 Å². The van der Waals surface area contributed by atoms with E-state index >= 15 is 0 Å². The van der Waals surface area contributed by atoms with Crippen LogP contribution in [0, 0.1) is 0 Å². The predicted molar refractivity (Wildman–Crippen MR) is 100 cm³/mol. The molecule has 1 aromatic carbocycles. The fraction of sp³-hybridized carbons (Fsp3) is 0.300. The smallest absolute Gasteiger partial charge is 0.318 e. The summed E-state index contributed by atoms with van der Waals surface area (Å²) in [5.41, 5.74) is 1.45. The van der Waals surface area contributed by atoms with Gasteiger partial charge in [0.2, 0.25) is 0 Å². The molecule has 2 aromatic heterocycles. The van der Waals surface area contributed by atoms with Gasteiger partial charge in [-0.25, -0.2) is 4.79 Å². The van der Waals surface area contributed by atoms with Crippen molar-refractivity contribution in [1.82, 2.24) is 15.4 Å². The highest BCUT2D eigenvalue weighted by molar-refractivity contribution is 5.74. The maximum absolute atomic E-state index is 12.6. The highest BCUT2D eigenvalue weighted by Crippen LogP contribution is 2.30. The summed E-state index contributed by atoms with van der Waals surface area (Å²) in [6.45, 7) is 4.46. The maximum Gasteiger partial charge on any atom is 0.318 e. The number of carbonyl (C=O) groups excluding carboxylic acids is 1. The lowest BCUT2D eigenvalue weighted by atomic mass is 10.1. The molecule has 0 fully saturated rings. The van der Waals surface area contributed by atoms with E-state index in [2.05, 4.69) is 10.5 Å². The van der Waals surface area contributed by atoms with Crippen molar-refractivity contribution in [3.63, 3.8) is 0 Å². The van der Waals surface area contributed by atoms with Gasteiger partial charge in [0.15, 0.2) is 5.76 Å². The minimum atomic E-state index is -0.191. The molecule has 2 amide bonds. The Bertz CT molecular complexity index is 871. The molecule has 0 aliphatic carbocycles. The van der Waals surface area contributed by atoms with E-state index in [1.54, 1.807) is 24.3 Å². The predicted octanol–water partition coefficient (Wildman–Crippen LogP) is 4.06. The molecular weight excluding hydrogens is 346 g/mol. The van der Waals surface area contributed by atoms with Crippen LogP contribution in [0.25, 0.3) is 11.3 Å². The molecule has 3 aromatic rings. The first kappa shape index (κ1) is 18.6. The van der Waals surface area contributed by atoms with E-state index in [-0.39, 0.29) is 18.6 Å². The Labute approximate surface area is 157 Å². The summed E-state index contributed by atoms with van der Waals surface area (Å²) < 4.78 is 16.2. The molecule has 0 atom stereocenters. The third-order valence-corrected chi connectivity index (χ3v) is 3.91. The van der Waals surface area contributed by atoms with Crippen molar-refractivity contribution in [2.45, 2.75) is 33.0 Å². The van der Waals surface area contributed by atoms with Crippen LogP contribution in [-0.2, 0) is 13.1 Å². The second-order valence-electron chi connectivity index (χ2n) is 6.42. The van der Waals surface area contributed by atoms with Crippen LogP contribution in [0.5, 0.6) is 5.75 Å². The minimum absolute atomic E-state index is 0.0260. The van der Waals surface area contributed by atoms with Crippen molar-refractivity contribution < 1.29 is 18.5 Å². The van der Waals surface area contributed by atoms with Crippen LogP contribution < -0.4 is 10.1 Å². The number of aromatic nitrogens is 1. The minimum Gasteiger partial charge on any atom is -0.496 e. The summed E-state index contributed by atoms with van der Waals surface area (Å²) in [4.78, 5) is 14.2. The molecule has 7 heteroatoms. The number of nitrogens with zero attached hydrogens (tertiary/aromatic N) is 2. The summed E-state index contributed by atoms with van der Waals surface area (Å²) in [7, 11) is 1.61. The van der Waals surface area contributed by atoms with Gasteiger partial charge in [0.25, 0.3) is 0 Å². The van der Waals surface area contributed by atoms with Gasteiger partial charge in [-0.3, -0.25) is 0 Å². The zero-order chi connectivity index (χ0) is 19.2. The third-order valence-electron chi connectivity index (χ3n) is 3.91. The van der Waals surface area contributed by atoms with Gasteiger partial charge in [-0.15, -0.1) is 0 Å². The number of amides is 2. The third kappa shape index (κ3) is 4.69. The van der Waals surface area contributed by atoms with Crippen LogP contribution in [0.3, 0.4) is 0 Å². The molecule has 0 aliphatic heterocycles. The first-order valence-electron chi connectivity index (χ1n) is 8.73. The Balaban J connectivity index is 1.79. The number of ether oxygens (including phenoxy) is 1. The van der Waals surface area contributed by atoms with Crippen molar-refractivity contribution in [1.29, 1.82) is 0 Å². The van der Waals surface area contributed by atoms with E-state index in [4.69, 9.17) is 13.7 Å². The summed E-state index contributed by atoms with van der Waals surface area (Å²) >= 11 is 0. The van der Waals surface area contributed by atoms with Gasteiger partial charge in [0.05, 0.1) is 32.0 Å². The Morgan fingerprint density at radius 1 is 1.22 bits per heavy atom. The van der Waals surface area contributed by atoms with Crippen LogP contribution >= 0.6 is 0 Å². The number of rotatable bonds is 7. The standard InChI is InChI=1S/C20H23N3O4/c1-14(2)21-20(24)23(13-16-7-6-10-26-16)12-15-11-19(27-22-15)17-8-4-5-9-18(17)25-3/h4-11,14H,12-13H2,1-3H3,(H,21,24). The monoisotopic (exact) mass is 369 g/mol. The summed E-state index contributed by atoms with van der Waals surface area (Å²) in [5.74, 6) is 1.98. The van der Waals surface area contributed by atoms with Gasteiger partial charge < -0.3 is 23.9 Å². The number of methoxy groups -OCH3 is 1. The van der Waals surface area contributed by atoms with E-state index in [9.17, 15) is 4.79 Å². The largest absolute Gasteiger partial charge is 0.496 e. The fourth-order valence-corrected chi connectivity index (χ4v) is 2.69. The lowest BCUT2D eigenvalue weighted by Gasteiger charge is -2.22. The molecule has 0 unspecified atom stereocenters. The molecule has 0 saturated heterocycles. The summed E-state index contributed by atoms with van der Waals surface area (Å²) in [6, 6.07) is 12.8. The van der Waals surface area contributed by atoms with Crippen molar-refractivity contribution in [3.8, 4) is 17.1 Å². The molecule has 1 N–H and O–H groups in total. The summed E-state index contributed by atoms with van der Waals surface area (Å²) in [6.07, 6.45) is 1.59. The van der Waals surface area contributed by atoms with Crippen LogP contribution in [0.2, 0.25) is 0 Å². The highest BCUT2D eigenvalue weighted by Gasteiger charge is 2.19. The number of carbonyl (C=O) groups is 1. The molecule has 0 aliphatic rings. The van der Waals surface area contributed by atoms with Crippen LogP contribution in [0.1, 0.15) is 25.3 Å². The molecule has 0 radical (unpaired) electrons. The Morgan fingerprint density at radius 3 is 2.74 bits per heavy atom. The maximum atomic E-state index is 12.6. The molecule has 0 spiro atoms. The van der Waals surface area contributed by atoms with E-state index in [1.165, 1.54) is 0 Å². The average molecular weight is 369 g/mol. The molecule has 142 valence electrons. The van der Waals surface area contributed by atoms with Crippen LogP contribution in [0.15, 0.2) is 57.7 Å². The molecule has 2 heterocycles. The number of nitrogens with one attached hydrogen (secondary N) is 1. The Hall–Kier alpha value is -3.22. The van der Waals surface area contributed by atoms with Gasteiger partial charge in [-0.2, -0.15) is 0 Å². The quantitative estimate of drug-likeness (QED) is 0.679. The van der Waals surface area contributed by atoms with E-state index in [0.717, 1.165) is 5.56 Å². The second-order valence-corrected chi connectivity index (χ2v) is 6.42. The molecule has 0 bridgehead atoms. The first-order valence-corrected chi connectivity index (χ1v) is 8.73. The fourth-order valence-electron chi connectivity index (χ4n) is 2.69. The average Bonchev–Trinajstić information content (AvgIpc) is 3.32. The zero-order valence-electron chi connectivity index (χ0n) is 15.6. The second kappa shape index (κ2) is 8.44. The molecule has 7 nitrogen and oxygen atoms in total. The van der Waals surface area contributed by atoms with Gasteiger partial charge in [0.1, 0.15) is 17.2 Å². The number of para-hydroxylation sites is 1. The molecule has 3 rings (SSSR count). The van der Waals surface area contributed by atoms with Crippen molar-refractivity contribution >= 4 is 6.03 Å². The molecule has 27 heavy (non-hydrogen) atoms. The summed E-state index contributed by atoms with van der Waals surface area (Å²) in [5, 5.41) is 7.01. The van der Waals surface area contributed by atoms with Gasteiger partial charge in [-0.05, 0) is 38.1 Å².